The van der Waals surface area contributed by atoms with Gasteiger partial charge in [0.15, 0.2) is 0 Å². The maximum absolute atomic E-state index is 13.1. The van der Waals surface area contributed by atoms with Crippen LogP contribution in [0.5, 0.6) is 0 Å². The molecular weight excluding hydrogens is 307 g/mol. The SMILES string of the molecule is CCC(NC(=O)C1CC(c2ccccn2)NN1)c1ccc(F)cc1. The summed E-state index contributed by atoms with van der Waals surface area (Å²) in [6, 6.07) is 11.5. The van der Waals surface area contributed by atoms with Gasteiger partial charge < -0.3 is 5.32 Å². The standard InChI is InChI=1S/C18H21FN4O/c1-2-14(12-6-8-13(19)9-7-12)21-18(24)17-11-16(22-23-17)15-5-3-4-10-20-15/h3-10,14,16-17,22-23H,2,11H2,1H3,(H,21,24). The lowest BCUT2D eigenvalue weighted by Gasteiger charge is -2.20. The van der Waals surface area contributed by atoms with E-state index in [1.54, 1.807) is 18.3 Å². The van der Waals surface area contributed by atoms with Gasteiger partial charge in [-0.15, -0.1) is 0 Å². The van der Waals surface area contributed by atoms with Crippen molar-refractivity contribution in [2.24, 2.45) is 0 Å². The van der Waals surface area contributed by atoms with Crippen LogP contribution in [0, 0.1) is 5.82 Å². The van der Waals surface area contributed by atoms with Crippen molar-refractivity contribution in [2.75, 3.05) is 0 Å². The first kappa shape index (κ1) is 16.5. The number of hydrogen-bond acceptors (Lipinski definition) is 4. The molecule has 2 heterocycles. The number of amides is 1. The van der Waals surface area contributed by atoms with E-state index >= 15 is 0 Å². The molecule has 5 nitrogen and oxygen atoms in total. The molecule has 126 valence electrons. The summed E-state index contributed by atoms with van der Waals surface area (Å²) in [6.07, 6.45) is 3.11. The van der Waals surface area contributed by atoms with Crippen molar-refractivity contribution < 1.29 is 9.18 Å². The third-order valence-corrected chi connectivity index (χ3v) is 4.26. The second kappa shape index (κ2) is 7.51. The van der Waals surface area contributed by atoms with Gasteiger partial charge >= 0.3 is 0 Å². The Labute approximate surface area is 140 Å². The molecule has 0 saturated carbocycles. The number of hydrogen-bond donors (Lipinski definition) is 3. The number of halogens is 1. The third-order valence-electron chi connectivity index (χ3n) is 4.26. The molecule has 1 aliphatic heterocycles. The van der Waals surface area contributed by atoms with Gasteiger partial charge in [-0.05, 0) is 42.7 Å². The van der Waals surface area contributed by atoms with Crippen LogP contribution in [-0.4, -0.2) is 16.9 Å². The van der Waals surface area contributed by atoms with Crippen molar-refractivity contribution in [1.29, 1.82) is 0 Å². The molecule has 3 rings (SSSR count). The Bertz CT molecular complexity index is 677. The molecule has 1 saturated heterocycles. The van der Waals surface area contributed by atoms with E-state index in [4.69, 9.17) is 0 Å². The third kappa shape index (κ3) is 3.77. The van der Waals surface area contributed by atoms with E-state index in [0.717, 1.165) is 17.7 Å². The van der Waals surface area contributed by atoms with Gasteiger partial charge in [-0.2, -0.15) is 0 Å². The van der Waals surface area contributed by atoms with Gasteiger partial charge in [0.1, 0.15) is 11.9 Å². The number of carbonyl (C=O) groups excluding carboxylic acids is 1. The summed E-state index contributed by atoms with van der Waals surface area (Å²) in [6.45, 7) is 1.99. The summed E-state index contributed by atoms with van der Waals surface area (Å²) in [4.78, 5) is 16.8. The van der Waals surface area contributed by atoms with E-state index in [2.05, 4.69) is 21.2 Å². The van der Waals surface area contributed by atoms with Gasteiger partial charge in [-0.25, -0.2) is 15.2 Å². The van der Waals surface area contributed by atoms with Gasteiger partial charge in [-0.3, -0.25) is 9.78 Å². The lowest BCUT2D eigenvalue weighted by molar-refractivity contribution is -0.123. The molecule has 0 aliphatic carbocycles. The molecule has 6 heteroatoms. The van der Waals surface area contributed by atoms with Gasteiger partial charge in [0.2, 0.25) is 5.91 Å². The zero-order valence-corrected chi connectivity index (χ0v) is 13.5. The minimum absolute atomic E-state index is 0.00727. The van der Waals surface area contributed by atoms with E-state index in [-0.39, 0.29) is 29.8 Å². The molecule has 1 aliphatic rings. The topological polar surface area (TPSA) is 66.0 Å². The van der Waals surface area contributed by atoms with Crippen LogP contribution in [0.4, 0.5) is 4.39 Å². The quantitative estimate of drug-likeness (QED) is 0.788. The van der Waals surface area contributed by atoms with Crippen LogP contribution < -0.4 is 16.2 Å². The molecule has 1 fully saturated rings. The summed E-state index contributed by atoms with van der Waals surface area (Å²) in [5, 5.41) is 3.03. The van der Waals surface area contributed by atoms with Crippen molar-refractivity contribution in [3.8, 4) is 0 Å². The van der Waals surface area contributed by atoms with Crippen molar-refractivity contribution in [3.63, 3.8) is 0 Å². The number of benzene rings is 1. The van der Waals surface area contributed by atoms with Crippen molar-refractivity contribution in [1.82, 2.24) is 21.2 Å². The maximum atomic E-state index is 13.1. The Morgan fingerprint density at radius 3 is 2.75 bits per heavy atom. The monoisotopic (exact) mass is 328 g/mol. The number of rotatable bonds is 5. The number of nitrogens with zero attached hydrogens (tertiary/aromatic N) is 1. The van der Waals surface area contributed by atoms with Gasteiger partial charge in [0.05, 0.1) is 17.8 Å². The fraction of sp³-hybridized carbons (Fsp3) is 0.333. The number of nitrogens with one attached hydrogen (secondary N) is 3. The molecule has 0 radical (unpaired) electrons. The average Bonchev–Trinajstić information content (AvgIpc) is 3.11. The van der Waals surface area contributed by atoms with E-state index in [1.165, 1.54) is 12.1 Å². The van der Waals surface area contributed by atoms with Gasteiger partial charge in [0.25, 0.3) is 0 Å². The zero-order chi connectivity index (χ0) is 16.9. The van der Waals surface area contributed by atoms with E-state index in [9.17, 15) is 9.18 Å². The van der Waals surface area contributed by atoms with E-state index in [0.29, 0.717) is 6.42 Å². The number of pyridine rings is 1. The second-order valence-electron chi connectivity index (χ2n) is 5.91. The van der Waals surface area contributed by atoms with Crippen LogP contribution in [0.15, 0.2) is 48.7 Å². The van der Waals surface area contributed by atoms with Crippen molar-refractivity contribution >= 4 is 5.91 Å². The van der Waals surface area contributed by atoms with Crippen LogP contribution in [-0.2, 0) is 4.79 Å². The summed E-state index contributed by atoms with van der Waals surface area (Å²) in [7, 11) is 0. The Balaban J connectivity index is 1.61. The molecule has 2 aromatic rings. The van der Waals surface area contributed by atoms with E-state index in [1.807, 2.05) is 25.1 Å². The Hall–Kier alpha value is -2.31. The van der Waals surface area contributed by atoms with Crippen LogP contribution >= 0.6 is 0 Å². The number of aromatic nitrogens is 1. The molecular formula is C18H21FN4O. The second-order valence-corrected chi connectivity index (χ2v) is 5.91. The summed E-state index contributed by atoms with van der Waals surface area (Å²) < 4.78 is 13.1. The maximum Gasteiger partial charge on any atom is 0.239 e. The first-order valence-electron chi connectivity index (χ1n) is 8.15. The van der Waals surface area contributed by atoms with Crippen molar-refractivity contribution in [2.45, 2.75) is 37.9 Å². The van der Waals surface area contributed by atoms with Crippen LogP contribution in [0.2, 0.25) is 0 Å². The lowest BCUT2D eigenvalue weighted by Crippen LogP contribution is -2.44. The smallest absolute Gasteiger partial charge is 0.239 e. The summed E-state index contributed by atoms with van der Waals surface area (Å²) in [5.74, 6) is -0.350. The predicted molar refractivity (Wildman–Crippen MR) is 89.2 cm³/mol. The molecule has 1 aromatic heterocycles. The van der Waals surface area contributed by atoms with Gasteiger partial charge in [0, 0.05) is 6.20 Å². The van der Waals surface area contributed by atoms with E-state index < -0.39 is 0 Å². The highest BCUT2D eigenvalue weighted by atomic mass is 19.1. The highest BCUT2D eigenvalue weighted by Crippen LogP contribution is 2.22. The van der Waals surface area contributed by atoms with Crippen molar-refractivity contribution in [3.05, 3.63) is 65.7 Å². The van der Waals surface area contributed by atoms with Crippen LogP contribution in [0.25, 0.3) is 0 Å². The highest BCUT2D eigenvalue weighted by molar-refractivity contribution is 5.82. The normalized spacial score (nSPS) is 21.4. The molecule has 0 bridgehead atoms. The Morgan fingerprint density at radius 2 is 2.08 bits per heavy atom. The Morgan fingerprint density at radius 1 is 1.29 bits per heavy atom. The molecule has 3 atom stereocenters. The summed E-state index contributed by atoms with van der Waals surface area (Å²) >= 11 is 0. The fourth-order valence-electron chi connectivity index (χ4n) is 2.89. The molecule has 1 aromatic carbocycles. The summed E-state index contributed by atoms with van der Waals surface area (Å²) in [5.41, 5.74) is 7.96. The molecule has 24 heavy (non-hydrogen) atoms. The number of carbonyl (C=O) groups is 1. The minimum atomic E-state index is -0.327. The first-order valence-corrected chi connectivity index (χ1v) is 8.15. The van der Waals surface area contributed by atoms with Crippen LogP contribution in [0.3, 0.4) is 0 Å². The minimum Gasteiger partial charge on any atom is -0.348 e. The largest absolute Gasteiger partial charge is 0.348 e. The molecule has 0 spiro atoms. The van der Waals surface area contributed by atoms with Gasteiger partial charge in [-0.1, -0.05) is 25.1 Å². The van der Waals surface area contributed by atoms with Crippen LogP contribution in [0.1, 0.15) is 43.1 Å². The lowest BCUT2D eigenvalue weighted by atomic mass is 10.0. The highest BCUT2D eigenvalue weighted by Gasteiger charge is 2.31. The average molecular weight is 328 g/mol. The fourth-order valence-corrected chi connectivity index (χ4v) is 2.89. The zero-order valence-electron chi connectivity index (χ0n) is 13.5. The predicted octanol–water partition coefficient (Wildman–Crippen LogP) is 2.40. The molecule has 3 unspecified atom stereocenters. The Kier molecular flexibility index (Phi) is 5.17. The molecule has 1 amide bonds. The molecule has 3 N–H and O–H groups in total. The first-order chi connectivity index (χ1) is 11.7. The number of hydrazine groups is 1.